The lowest BCUT2D eigenvalue weighted by molar-refractivity contribution is 0.271. The molecule has 4 heterocycles. The molecule has 36 heavy (non-hydrogen) atoms. The summed E-state index contributed by atoms with van der Waals surface area (Å²) in [5.41, 5.74) is 2.50. The number of anilines is 3. The molecule has 9 nitrogen and oxygen atoms in total. The number of aromatic amines is 2. The Bertz CT molecular complexity index is 1580. The first-order chi connectivity index (χ1) is 17.5. The van der Waals surface area contributed by atoms with Crippen molar-refractivity contribution in [2.24, 2.45) is 5.41 Å². The molecule has 0 unspecified atom stereocenters. The van der Waals surface area contributed by atoms with Crippen LogP contribution in [-0.4, -0.2) is 55.6 Å². The molecule has 1 saturated carbocycles. The molecule has 0 atom stereocenters. The second-order valence-electron chi connectivity index (χ2n) is 9.95. The smallest absolute Gasteiger partial charge is 0.323 e. The number of nitrogens with one attached hydrogen (secondary N) is 4. The van der Waals surface area contributed by atoms with Gasteiger partial charge in [0.2, 0.25) is 0 Å². The zero-order valence-corrected chi connectivity index (χ0v) is 22.1. The molecule has 3 aromatic heterocycles. The SMILES string of the molecule is C=c1[nH]c(=O)[nH]/c1=C\c1cnn2c(NCC3(CN4CCCC4)CC3)cc(Nc3cccc(I)c3)nc12. The van der Waals surface area contributed by atoms with Crippen molar-refractivity contribution < 1.29 is 0 Å². The fourth-order valence-electron chi connectivity index (χ4n) is 4.96. The van der Waals surface area contributed by atoms with Gasteiger partial charge in [-0.15, -0.1) is 0 Å². The van der Waals surface area contributed by atoms with E-state index in [0.29, 0.717) is 21.8 Å². The van der Waals surface area contributed by atoms with Gasteiger partial charge < -0.3 is 25.5 Å². The summed E-state index contributed by atoms with van der Waals surface area (Å²) >= 11 is 2.31. The van der Waals surface area contributed by atoms with E-state index in [1.807, 2.05) is 28.8 Å². The number of imidazole rings is 1. The predicted molar refractivity (Wildman–Crippen MR) is 151 cm³/mol. The topological polar surface area (TPSA) is 106 Å². The lowest BCUT2D eigenvalue weighted by atomic mass is 10.1. The molecule has 1 aliphatic carbocycles. The molecule has 0 amide bonds. The van der Waals surface area contributed by atoms with Crippen LogP contribution in [0.25, 0.3) is 18.3 Å². The van der Waals surface area contributed by atoms with Crippen molar-refractivity contribution in [2.45, 2.75) is 25.7 Å². The van der Waals surface area contributed by atoms with Gasteiger partial charge in [0.1, 0.15) is 11.6 Å². The van der Waals surface area contributed by atoms with Crippen molar-refractivity contribution in [1.82, 2.24) is 29.5 Å². The van der Waals surface area contributed by atoms with Crippen molar-refractivity contribution in [3.63, 3.8) is 0 Å². The number of halogens is 1. The molecule has 6 rings (SSSR count). The van der Waals surface area contributed by atoms with Crippen LogP contribution in [0, 0.1) is 8.99 Å². The molecule has 1 aromatic carbocycles. The zero-order chi connectivity index (χ0) is 24.7. The molecule has 4 N–H and O–H groups in total. The number of benzene rings is 1. The molecule has 186 valence electrons. The first-order valence-electron chi connectivity index (χ1n) is 12.3. The molecular weight excluding hydrogens is 567 g/mol. The van der Waals surface area contributed by atoms with Gasteiger partial charge in [0.25, 0.3) is 0 Å². The van der Waals surface area contributed by atoms with E-state index in [4.69, 9.17) is 4.98 Å². The van der Waals surface area contributed by atoms with Gasteiger partial charge in [0.05, 0.1) is 16.9 Å². The average Bonchev–Trinajstić information content (AvgIpc) is 3.12. The monoisotopic (exact) mass is 596 g/mol. The van der Waals surface area contributed by atoms with Crippen molar-refractivity contribution >= 4 is 58.2 Å². The molecule has 0 bridgehead atoms. The first kappa shape index (κ1) is 23.3. The van der Waals surface area contributed by atoms with Gasteiger partial charge in [-0.2, -0.15) is 9.61 Å². The van der Waals surface area contributed by atoms with E-state index >= 15 is 0 Å². The van der Waals surface area contributed by atoms with Crippen molar-refractivity contribution in [3.8, 4) is 0 Å². The summed E-state index contributed by atoms with van der Waals surface area (Å²) < 4.78 is 2.98. The van der Waals surface area contributed by atoms with Gasteiger partial charge in [0, 0.05) is 39.4 Å². The van der Waals surface area contributed by atoms with E-state index < -0.39 is 0 Å². The largest absolute Gasteiger partial charge is 0.369 e. The maximum atomic E-state index is 11.7. The fourth-order valence-corrected chi connectivity index (χ4v) is 5.50. The van der Waals surface area contributed by atoms with E-state index in [2.05, 4.69) is 71.9 Å². The molecule has 2 aliphatic rings. The summed E-state index contributed by atoms with van der Waals surface area (Å²) in [4.78, 5) is 24.7. The predicted octanol–water partition coefficient (Wildman–Crippen LogP) is 2.62. The Kier molecular flexibility index (Phi) is 6.08. The first-order valence-corrected chi connectivity index (χ1v) is 13.4. The number of aromatic nitrogens is 5. The zero-order valence-electron chi connectivity index (χ0n) is 20.0. The number of H-pyrrole nitrogens is 2. The molecular formula is C26H29IN8O. The second-order valence-corrected chi connectivity index (χ2v) is 11.2. The number of rotatable bonds is 8. The maximum absolute atomic E-state index is 11.7. The van der Waals surface area contributed by atoms with Gasteiger partial charge in [-0.25, -0.2) is 9.78 Å². The molecule has 0 spiro atoms. The quantitative estimate of drug-likeness (QED) is 0.233. The summed E-state index contributed by atoms with van der Waals surface area (Å²) in [5.74, 6) is 1.61. The van der Waals surface area contributed by atoms with Crippen molar-refractivity contribution in [2.75, 3.05) is 36.8 Å². The Balaban J connectivity index is 1.36. The third-order valence-corrected chi connectivity index (χ3v) is 7.76. The number of nitrogens with zero attached hydrogens (tertiary/aromatic N) is 4. The van der Waals surface area contributed by atoms with Crippen molar-refractivity contribution in [3.05, 3.63) is 66.8 Å². The Hall–Kier alpha value is -3.12. The van der Waals surface area contributed by atoms with Gasteiger partial charge in [-0.3, -0.25) is 0 Å². The highest BCUT2D eigenvalue weighted by molar-refractivity contribution is 14.1. The van der Waals surface area contributed by atoms with Gasteiger partial charge in [-0.1, -0.05) is 12.6 Å². The highest BCUT2D eigenvalue weighted by atomic mass is 127. The van der Waals surface area contributed by atoms with Crippen LogP contribution in [0.15, 0.2) is 41.3 Å². The van der Waals surface area contributed by atoms with Crippen LogP contribution in [0.5, 0.6) is 0 Å². The van der Waals surface area contributed by atoms with Gasteiger partial charge in [-0.05, 0) is 85.6 Å². The van der Waals surface area contributed by atoms with Crippen LogP contribution in [0.4, 0.5) is 17.3 Å². The van der Waals surface area contributed by atoms with Crippen LogP contribution in [-0.2, 0) is 0 Å². The van der Waals surface area contributed by atoms with Crippen LogP contribution >= 0.6 is 22.6 Å². The van der Waals surface area contributed by atoms with Crippen LogP contribution < -0.4 is 27.0 Å². The van der Waals surface area contributed by atoms with Gasteiger partial charge >= 0.3 is 5.69 Å². The minimum atomic E-state index is -0.285. The van der Waals surface area contributed by atoms with E-state index in [1.165, 1.54) is 38.8 Å². The standard InChI is InChI=1S/C26H29IN8O/c1-17-21(32-25(36)30-17)11-18-14-29-35-23(28-15-26(7-8-26)16-34-9-2-3-10-34)13-22(33-24(18)35)31-20-6-4-5-19(27)12-20/h4-6,11-14,28H,1-3,7-10,15-16H2,(H,31,33)(H2,30,32,36)/b21-11-. The van der Waals surface area contributed by atoms with Crippen molar-refractivity contribution in [1.29, 1.82) is 0 Å². The summed E-state index contributed by atoms with van der Waals surface area (Å²) in [7, 11) is 0. The summed E-state index contributed by atoms with van der Waals surface area (Å²) in [6, 6.07) is 10.2. The highest BCUT2D eigenvalue weighted by Crippen LogP contribution is 2.46. The Morgan fingerprint density at radius 3 is 2.75 bits per heavy atom. The molecule has 10 heteroatoms. The summed E-state index contributed by atoms with van der Waals surface area (Å²) in [5, 5.41) is 12.9. The number of hydrogen-bond acceptors (Lipinski definition) is 6. The minimum absolute atomic E-state index is 0.285. The van der Waals surface area contributed by atoms with Crippen LogP contribution in [0.3, 0.4) is 0 Å². The Labute approximate surface area is 221 Å². The van der Waals surface area contributed by atoms with E-state index in [9.17, 15) is 4.79 Å². The minimum Gasteiger partial charge on any atom is -0.369 e. The number of hydrogen-bond donors (Lipinski definition) is 4. The van der Waals surface area contributed by atoms with E-state index in [1.54, 1.807) is 6.20 Å². The van der Waals surface area contributed by atoms with E-state index in [0.717, 1.165) is 39.5 Å². The molecule has 1 aliphatic heterocycles. The molecule has 0 radical (unpaired) electrons. The van der Waals surface area contributed by atoms with Crippen LogP contribution in [0.1, 0.15) is 31.2 Å². The third kappa shape index (κ3) is 4.92. The average molecular weight is 596 g/mol. The second kappa shape index (κ2) is 9.40. The summed E-state index contributed by atoms with van der Waals surface area (Å²) in [6.07, 6.45) is 8.76. The molecule has 2 fully saturated rings. The Morgan fingerprint density at radius 1 is 1.19 bits per heavy atom. The van der Waals surface area contributed by atoms with Gasteiger partial charge in [0.15, 0.2) is 5.65 Å². The van der Waals surface area contributed by atoms with E-state index in [-0.39, 0.29) is 5.69 Å². The lowest BCUT2D eigenvalue weighted by Crippen LogP contribution is -2.32. The molecule has 1 saturated heterocycles. The highest BCUT2D eigenvalue weighted by Gasteiger charge is 2.44. The van der Waals surface area contributed by atoms with Crippen LogP contribution in [0.2, 0.25) is 0 Å². The number of likely N-dealkylation sites (tertiary alicyclic amines) is 1. The molecule has 4 aromatic rings. The normalized spacial score (nSPS) is 17.6. The fraction of sp³-hybridized carbons (Fsp3) is 0.346. The lowest BCUT2D eigenvalue weighted by Gasteiger charge is -2.24. The maximum Gasteiger partial charge on any atom is 0.323 e. The summed E-state index contributed by atoms with van der Waals surface area (Å²) in [6.45, 7) is 8.42. The Morgan fingerprint density at radius 2 is 2.03 bits per heavy atom. The third-order valence-electron chi connectivity index (χ3n) is 7.09. The number of fused-ring (bicyclic) bond motifs is 1.